The van der Waals surface area contributed by atoms with E-state index in [2.05, 4.69) is 19.7 Å². The quantitative estimate of drug-likeness (QED) is 0.459. The molecule has 1 aliphatic rings. The largest absolute Gasteiger partial charge is 0.435 e. The van der Waals surface area contributed by atoms with Crippen LogP contribution >= 0.6 is 11.8 Å². The van der Waals surface area contributed by atoms with Gasteiger partial charge in [0.05, 0.1) is 12.4 Å². The Morgan fingerprint density at radius 2 is 1.93 bits per heavy atom. The Labute approximate surface area is 168 Å². The summed E-state index contributed by atoms with van der Waals surface area (Å²) in [4.78, 5) is 12.9. The van der Waals surface area contributed by atoms with E-state index in [1.807, 2.05) is 0 Å². The number of alkyl halides is 2. The third kappa shape index (κ3) is 4.04. The highest BCUT2D eigenvalue weighted by atomic mass is 32.2. The lowest BCUT2D eigenvalue weighted by molar-refractivity contribution is -0.0498. The number of fused-ring (bicyclic) bond motifs is 1. The Kier molecular flexibility index (Phi) is 5.63. The van der Waals surface area contributed by atoms with Crippen LogP contribution in [-0.4, -0.2) is 54.7 Å². The SMILES string of the molecule is C[C@H]1O[C@@H](n2cnc3c(SCc4ccc(OC(F)F)cc4)ncnc32)[C@H](O)[C@@H]1O. The number of thioether (sulfide) groups is 1. The molecular weight excluding hydrogens is 406 g/mol. The molecule has 0 unspecified atom stereocenters. The zero-order chi connectivity index (χ0) is 20.5. The second-order valence-electron chi connectivity index (χ2n) is 6.53. The maximum absolute atomic E-state index is 12.2. The number of ether oxygens (including phenoxy) is 2. The van der Waals surface area contributed by atoms with Gasteiger partial charge in [0.2, 0.25) is 0 Å². The lowest BCUT2D eigenvalue weighted by Gasteiger charge is -2.16. The number of rotatable bonds is 6. The first-order valence-corrected chi connectivity index (χ1v) is 9.78. The lowest BCUT2D eigenvalue weighted by Crippen LogP contribution is -2.30. The summed E-state index contributed by atoms with van der Waals surface area (Å²) in [5.74, 6) is 0.634. The van der Waals surface area contributed by atoms with Crippen LogP contribution in [0.2, 0.25) is 0 Å². The van der Waals surface area contributed by atoms with Crippen LogP contribution in [0.5, 0.6) is 5.75 Å². The maximum Gasteiger partial charge on any atom is 0.387 e. The van der Waals surface area contributed by atoms with Crippen molar-refractivity contribution in [1.82, 2.24) is 19.5 Å². The Morgan fingerprint density at radius 1 is 1.17 bits per heavy atom. The highest BCUT2D eigenvalue weighted by Gasteiger charge is 2.42. The van der Waals surface area contributed by atoms with Gasteiger partial charge in [-0.05, 0) is 24.6 Å². The van der Waals surface area contributed by atoms with Crippen molar-refractivity contribution in [2.24, 2.45) is 0 Å². The number of aromatic nitrogens is 4. The molecule has 8 nitrogen and oxygen atoms in total. The summed E-state index contributed by atoms with van der Waals surface area (Å²) < 4.78 is 36.0. The molecule has 1 saturated heterocycles. The molecule has 2 N–H and O–H groups in total. The fourth-order valence-electron chi connectivity index (χ4n) is 3.10. The van der Waals surface area contributed by atoms with E-state index in [1.165, 1.54) is 36.5 Å². The minimum Gasteiger partial charge on any atom is -0.435 e. The molecule has 1 fully saturated rings. The van der Waals surface area contributed by atoms with Gasteiger partial charge in [0.25, 0.3) is 0 Å². The van der Waals surface area contributed by atoms with Crippen molar-refractivity contribution >= 4 is 22.9 Å². The molecule has 1 aliphatic heterocycles. The van der Waals surface area contributed by atoms with E-state index in [0.29, 0.717) is 21.9 Å². The van der Waals surface area contributed by atoms with E-state index < -0.39 is 31.2 Å². The first-order valence-electron chi connectivity index (χ1n) is 8.79. The Bertz CT molecular complexity index is 988. The summed E-state index contributed by atoms with van der Waals surface area (Å²) in [6.45, 7) is -1.17. The summed E-state index contributed by atoms with van der Waals surface area (Å²) in [5, 5.41) is 20.8. The molecule has 2 aromatic heterocycles. The van der Waals surface area contributed by atoms with Crippen molar-refractivity contribution in [3.63, 3.8) is 0 Å². The van der Waals surface area contributed by atoms with Gasteiger partial charge in [-0.25, -0.2) is 15.0 Å². The molecule has 4 atom stereocenters. The number of aliphatic hydroxyl groups excluding tert-OH is 2. The molecule has 0 radical (unpaired) electrons. The van der Waals surface area contributed by atoms with E-state index in [-0.39, 0.29) is 5.75 Å². The zero-order valence-electron chi connectivity index (χ0n) is 15.2. The van der Waals surface area contributed by atoms with Gasteiger partial charge >= 0.3 is 6.61 Å². The summed E-state index contributed by atoms with van der Waals surface area (Å²) in [7, 11) is 0. The van der Waals surface area contributed by atoms with Crippen LogP contribution in [0.25, 0.3) is 11.2 Å². The highest BCUT2D eigenvalue weighted by molar-refractivity contribution is 7.98. The van der Waals surface area contributed by atoms with E-state index in [9.17, 15) is 19.0 Å². The minimum atomic E-state index is -2.86. The number of hydrogen-bond acceptors (Lipinski definition) is 8. The predicted molar refractivity (Wildman–Crippen MR) is 99.6 cm³/mol. The average molecular weight is 424 g/mol. The third-order valence-corrected chi connectivity index (χ3v) is 5.65. The molecule has 1 aromatic carbocycles. The summed E-state index contributed by atoms with van der Waals surface area (Å²) in [6.07, 6.45) is -0.504. The molecule has 0 spiro atoms. The molecule has 0 aliphatic carbocycles. The second-order valence-corrected chi connectivity index (χ2v) is 7.49. The maximum atomic E-state index is 12.2. The van der Waals surface area contributed by atoms with Crippen LogP contribution in [-0.2, 0) is 10.5 Å². The van der Waals surface area contributed by atoms with E-state index in [1.54, 1.807) is 23.6 Å². The van der Waals surface area contributed by atoms with Gasteiger partial charge < -0.3 is 19.7 Å². The standard InChI is InChI=1S/C18H18F2N4O4S/c1-9-13(25)14(26)17(27-9)24-8-23-12-15(24)21-7-22-16(12)29-6-10-2-4-11(5-3-10)28-18(19)20/h2-5,7-9,13-14,17-18,25-26H,6H2,1H3/t9-,13-,14-,17-/m1/s1. The van der Waals surface area contributed by atoms with Crippen molar-refractivity contribution in [2.45, 2.75) is 48.9 Å². The summed E-state index contributed by atoms with van der Waals surface area (Å²) in [5.41, 5.74) is 1.92. The van der Waals surface area contributed by atoms with Crippen molar-refractivity contribution in [2.75, 3.05) is 0 Å². The van der Waals surface area contributed by atoms with Crippen LogP contribution in [0.4, 0.5) is 8.78 Å². The number of aliphatic hydroxyl groups is 2. The van der Waals surface area contributed by atoms with Gasteiger partial charge in [0, 0.05) is 5.75 Å². The number of imidazole rings is 1. The topological polar surface area (TPSA) is 103 Å². The smallest absolute Gasteiger partial charge is 0.387 e. The molecular formula is C18H18F2N4O4S. The van der Waals surface area contributed by atoms with E-state index >= 15 is 0 Å². The van der Waals surface area contributed by atoms with Gasteiger partial charge in [0.1, 0.15) is 34.8 Å². The second kappa shape index (κ2) is 8.19. The monoisotopic (exact) mass is 424 g/mol. The number of halogens is 2. The molecule has 3 aromatic rings. The molecule has 11 heteroatoms. The Balaban J connectivity index is 1.51. The van der Waals surface area contributed by atoms with Crippen molar-refractivity contribution in [3.05, 3.63) is 42.5 Å². The molecule has 29 heavy (non-hydrogen) atoms. The van der Waals surface area contributed by atoms with Crippen LogP contribution < -0.4 is 4.74 Å². The molecule has 4 rings (SSSR count). The molecule has 0 bridgehead atoms. The highest BCUT2D eigenvalue weighted by Crippen LogP contribution is 2.33. The third-order valence-electron chi connectivity index (χ3n) is 4.60. The first kappa shape index (κ1) is 20.0. The molecule has 3 heterocycles. The molecule has 154 valence electrons. The van der Waals surface area contributed by atoms with Crippen molar-refractivity contribution in [3.8, 4) is 5.75 Å². The lowest BCUT2D eigenvalue weighted by atomic mass is 10.1. The van der Waals surface area contributed by atoms with Crippen molar-refractivity contribution < 1.29 is 28.5 Å². The number of nitrogens with zero attached hydrogens (tertiary/aromatic N) is 4. The average Bonchev–Trinajstić information content (AvgIpc) is 3.24. The normalized spacial score (nSPS) is 24.5. The van der Waals surface area contributed by atoms with Gasteiger partial charge in [-0.3, -0.25) is 4.57 Å². The molecule has 0 amide bonds. The fourth-order valence-corrected chi connectivity index (χ4v) is 4.00. The van der Waals surface area contributed by atoms with E-state index in [4.69, 9.17) is 4.74 Å². The zero-order valence-corrected chi connectivity index (χ0v) is 16.0. The molecule has 0 saturated carbocycles. The van der Waals surface area contributed by atoms with Gasteiger partial charge in [-0.2, -0.15) is 8.78 Å². The van der Waals surface area contributed by atoms with Gasteiger partial charge in [-0.1, -0.05) is 23.9 Å². The number of benzene rings is 1. The van der Waals surface area contributed by atoms with Crippen molar-refractivity contribution in [1.29, 1.82) is 0 Å². The first-order chi connectivity index (χ1) is 13.9. The van der Waals surface area contributed by atoms with Gasteiger partial charge in [-0.15, -0.1) is 0 Å². The van der Waals surface area contributed by atoms with Crippen LogP contribution in [0.1, 0.15) is 18.7 Å². The summed E-state index contributed by atoms with van der Waals surface area (Å²) in [6, 6.07) is 6.37. The Hall–Kier alpha value is -2.34. The number of hydrogen-bond donors (Lipinski definition) is 2. The minimum absolute atomic E-state index is 0.100. The summed E-state index contributed by atoms with van der Waals surface area (Å²) >= 11 is 1.41. The predicted octanol–water partition coefficient (Wildman–Crippen LogP) is 2.36. The van der Waals surface area contributed by atoms with Crippen LogP contribution in [0.3, 0.4) is 0 Å². The Morgan fingerprint density at radius 3 is 2.59 bits per heavy atom. The van der Waals surface area contributed by atoms with E-state index in [0.717, 1.165) is 5.56 Å². The van der Waals surface area contributed by atoms with Crippen LogP contribution in [0, 0.1) is 0 Å². The van der Waals surface area contributed by atoms with Gasteiger partial charge in [0.15, 0.2) is 11.9 Å². The van der Waals surface area contributed by atoms with Crippen LogP contribution in [0.15, 0.2) is 41.9 Å². The fraction of sp³-hybridized carbons (Fsp3) is 0.389.